The van der Waals surface area contributed by atoms with Gasteiger partial charge in [0.2, 0.25) is 0 Å². The van der Waals surface area contributed by atoms with Gasteiger partial charge in [0.25, 0.3) is 0 Å². The number of phenolic OH excluding ortho intramolecular Hbond substituents is 1. The van der Waals surface area contributed by atoms with Crippen LogP contribution in [0.25, 0.3) is 0 Å². The van der Waals surface area contributed by atoms with E-state index < -0.39 is 0 Å². The highest BCUT2D eigenvalue weighted by Crippen LogP contribution is 2.26. The summed E-state index contributed by atoms with van der Waals surface area (Å²) in [7, 11) is 1.32. The molecule has 1 rings (SSSR count). The molecule has 0 aromatic heterocycles. The van der Waals surface area contributed by atoms with E-state index >= 15 is 0 Å². The lowest BCUT2D eigenvalue weighted by Gasteiger charge is -2.07. The van der Waals surface area contributed by atoms with E-state index in [0.717, 1.165) is 0 Å². The molecule has 0 saturated carbocycles. The van der Waals surface area contributed by atoms with Crippen LogP contribution < -0.4 is 4.74 Å². The van der Waals surface area contributed by atoms with E-state index in [2.05, 4.69) is 4.74 Å². The summed E-state index contributed by atoms with van der Waals surface area (Å²) in [6.45, 7) is 0.269. The van der Waals surface area contributed by atoms with Crippen molar-refractivity contribution in [2.24, 2.45) is 0 Å². The number of rotatable bonds is 6. The van der Waals surface area contributed by atoms with Gasteiger partial charge in [-0.25, -0.2) is 0 Å². The molecule has 0 amide bonds. The minimum Gasteiger partial charge on any atom is -0.504 e. The molecule has 5 heteroatoms. The molecule has 0 fully saturated rings. The van der Waals surface area contributed by atoms with Gasteiger partial charge in [-0.2, -0.15) is 0 Å². The maximum atomic E-state index is 10.8. The topological polar surface area (TPSA) is 72.8 Å². The van der Waals surface area contributed by atoms with Crippen molar-refractivity contribution < 1.29 is 24.2 Å². The van der Waals surface area contributed by atoms with E-state index in [1.54, 1.807) is 0 Å². The van der Waals surface area contributed by atoms with E-state index in [0.29, 0.717) is 18.3 Å². The number of hydrogen-bond donors (Lipinski definition) is 1. The molecule has 0 bridgehead atoms. The molecule has 0 aliphatic carbocycles. The fourth-order valence-corrected chi connectivity index (χ4v) is 1.22. The molecular weight excluding hydrogens is 224 g/mol. The Kier molecular flexibility index (Phi) is 5.00. The third kappa shape index (κ3) is 4.14. The molecule has 1 N–H and O–H groups in total. The van der Waals surface area contributed by atoms with Crippen LogP contribution >= 0.6 is 0 Å². The summed E-state index contributed by atoms with van der Waals surface area (Å²) in [6, 6.07) is 4.32. The molecule has 5 nitrogen and oxygen atoms in total. The number of hydrogen-bond acceptors (Lipinski definition) is 5. The van der Waals surface area contributed by atoms with Gasteiger partial charge >= 0.3 is 5.97 Å². The minimum absolute atomic E-state index is 0.0336. The number of aldehydes is 1. The Morgan fingerprint density at radius 1 is 1.47 bits per heavy atom. The lowest BCUT2D eigenvalue weighted by molar-refractivity contribution is -0.140. The summed E-state index contributed by atoms with van der Waals surface area (Å²) in [5, 5.41) is 9.45. The summed E-state index contributed by atoms with van der Waals surface area (Å²) < 4.78 is 9.73. The SMILES string of the molecule is COC(=O)CCCOc1cc(C=O)ccc1O. The largest absolute Gasteiger partial charge is 0.504 e. The Morgan fingerprint density at radius 2 is 2.24 bits per heavy atom. The molecule has 0 aliphatic heterocycles. The maximum absolute atomic E-state index is 10.8. The zero-order chi connectivity index (χ0) is 12.7. The molecule has 0 aliphatic rings. The first-order valence-electron chi connectivity index (χ1n) is 5.15. The fourth-order valence-electron chi connectivity index (χ4n) is 1.22. The van der Waals surface area contributed by atoms with E-state index in [4.69, 9.17) is 4.74 Å². The zero-order valence-corrected chi connectivity index (χ0v) is 9.51. The molecule has 0 atom stereocenters. The normalized spacial score (nSPS) is 9.71. The molecule has 0 spiro atoms. The van der Waals surface area contributed by atoms with Crippen molar-refractivity contribution in [2.75, 3.05) is 13.7 Å². The third-order valence-electron chi connectivity index (χ3n) is 2.13. The van der Waals surface area contributed by atoms with Crippen LogP contribution in [0.2, 0.25) is 0 Å². The van der Waals surface area contributed by atoms with Gasteiger partial charge in [0.05, 0.1) is 13.7 Å². The third-order valence-corrected chi connectivity index (χ3v) is 2.13. The first kappa shape index (κ1) is 13.0. The lowest BCUT2D eigenvalue weighted by atomic mass is 10.2. The number of carbonyl (C=O) groups is 2. The second-order valence-electron chi connectivity index (χ2n) is 3.37. The van der Waals surface area contributed by atoms with Gasteiger partial charge in [0, 0.05) is 12.0 Å². The molecule has 17 heavy (non-hydrogen) atoms. The number of aromatic hydroxyl groups is 1. The smallest absolute Gasteiger partial charge is 0.305 e. The van der Waals surface area contributed by atoms with E-state index in [-0.39, 0.29) is 30.5 Å². The highest BCUT2D eigenvalue weighted by Gasteiger charge is 2.05. The molecule has 0 saturated heterocycles. The Labute approximate surface area is 99.0 Å². The van der Waals surface area contributed by atoms with Crippen molar-refractivity contribution in [2.45, 2.75) is 12.8 Å². The molecule has 1 aromatic carbocycles. The van der Waals surface area contributed by atoms with Gasteiger partial charge in [0.1, 0.15) is 6.29 Å². The first-order valence-corrected chi connectivity index (χ1v) is 5.15. The van der Waals surface area contributed by atoms with Crippen LogP contribution in [0.1, 0.15) is 23.2 Å². The number of benzene rings is 1. The molecular formula is C12H14O5. The van der Waals surface area contributed by atoms with Crippen molar-refractivity contribution in [1.82, 2.24) is 0 Å². The average molecular weight is 238 g/mol. The predicted octanol–water partition coefficient (Wildman–Crippen LogP) is 1.54. The van der Waals surface area contributed by atoms with Crippen LogP contribution in [0.3, 0.4) is 0 Å². The summed E-state index contributed by atoms with van der Waals surface area (Å²) in [4.78, 5) is 21.3. The standard InChI is InChI=1S/C12H14O5/c1-16-12(15)3-2-6-17-11-7-9(8-13)4-5-10(11)14/h4-5,7-8,14H,2-3,6H2,1H3. The molecule has 0 heterocycles. The van der Waals surface area contributed by atoms with Gasteiger partial charge < -0.3 is 14.6 Å². The Balaban J connectivity index is 2.45. The Morgan fingerprint density at radius 3 is 2.88 bits per heavy atom. The maximum Gasteiger partial charge on any atom is 0.305 e. The quantitative estimate of drug-likeness (QED) is 0.462. The van der Waals surface area contributed by atoms with Crippen molar-refractivity contribution in [3.05, 3.63) is 23.8 Å². The second kappa shape index (κ2) is 6.52. The molecule has 0 unspecified atom stereocenters. The molecule has 92 valence electrons. The molecule has 0 radical (unpaired) electrons. The average Bonchev–Trinajstić information content (AvgIpc) is 2.36. The van der Waals surface area contributed by atoms with Gasteiger partial charge in [0.15, 0.2) is 11.5 Å². The van der Waals surface area contributed by atoms with Crippen molar-refractivity contribution >= 4 is 12.3 Å². The van der Waals surface area contributed by atoms with Crippen LogP contribution in [0.15, 0.2) is 18.2 Å². The summed E-state index contributed by atoms with van der Waals surface area (Å²) in [6.07, 6.45) is 1.41. The van der Waals surface area contributed by atoms with Crippen molar-refractivity contribution in [3.8, 4) is 11.5 Å². The van der Waals surface area contributed by atoms with Crippen LogP contribution in [-0.2, 0) is 9.53 Å². The number of carbonyl (C=O) groups excluding carboxylic acids is 2. The summed E-state index contributed by atoms with van der Waals surface area (Å²) in [5.74, 6) is -0.104. The van der Waals surface area contributed by atoms with E-state index in [1.807, 2.05) is 0 Å². The fraction of sp³-hybridized carbons (Fsp3) is 0.333. The van der Waals surface area contributed by atoms with Crippen LogP contribution in [-0.4, -0.2) is 31.1 Å². The van der Waals surface area contributed by atoms with Crippen molar-refractivity contribution in [1.29, 1.82) is 0 Å². The van der Waals surface area contributed by atoms with E-state index in [1.165, 1.54) is 25.3 Å². The number of methoxy groups -OCH3 is 1. The van der Waals surface area contributed by atoms with Crippen molar-refractivity contribution in [3.63, 3.8) is 0 Å². The second-order valence-corrected chi connectivity index (χ2v) is 3.37. The van der Waals surface area contributed by atoms with Crippen LogP contribution in [0.4, 0.5) is 0 Å². The van der Waals surface area contributed by atoms with Gasteiger partial charge in [-0.05, 0) is 24.6 Å². The van der Waals surface area contributed by atoms with E-state index in [9.17, 15) is 14.7 Å². The van der Waals surface area contributed by atoms with Crippen LogP contribution in [0, 0.1) is 0 Å². The molecule has 1 aromatic rings. The summed E-state index contributed by atoms with van der Waals surface area (Å²) >= 11 is 0. The van der Waals surface area contributed by atoms with Gasteiger partial charge in [-0.15, -0.1) is 0 Å². The Bertz CT molecular complexity index is 400. The summed E-state index contributed by atoms with van der Waals surface area (Å²) in [5.41, 5.74) is 0.422. The van der Waals surface area contributed by atoms with Gasteiger partial charge in [-0.1, -0.05) is 0 Å². The highest BCUT2D eigenvalue weighted by molar-refractivity contribution is 5.76. The first-order chi connectivity index (χ1) is 8.17. The zero-order valence-electron chi connectivity index (χ0n) is 9.51. The Hall–Kier alpha value is -2.04. The number of ether oxygens (including phenoxy) is 2. The monoisotopic (exact) mass is 238 g/mol. The number of esters is 1. The number of phenols is 1. The lowest BCUT2D eigenvalue weighted by Crippen LogP contribution is -2.04. The van der Waals surface area contributed by atoms with Gasteiger partial charge in [-0.3, -0.25) is 9.59 Å². The minimum atomic E-state index is -0.306. The van der Waals surface area contributed by atoms with Crippen LogP contribution in [0.5, 0.6) is 11.5 Å². The predicted molar refractivity (Wildman–Crippen MR) is 60.2 cm³/mol. The highest BCUT2D eigenvalue weighted by atomic mass is 16.5.